The summed E-state index contributed by atoms with van der Waals surface area (Å²) in [5.41, 5.74) is 1.24. The number of benzene rings is 1. The lowest BCUT2D eigenvalue weighted by Gasteiger charge is -2.09. The minimum Gasteiger partial charge on any atom is -0.493 e. The fraction of sp³-hybridized carbons (Fsp3) is 0.350. The van der Waals surface area contributed by atoms with Crippen LogP contribution in [-0.2, 0) is 17.8 Å². The number of ether oxygens (including phenoxy) is 1. The van der Waals surface area contributed by atoms with E-state index in [1.165, 1.54) is 15.4 Å². The van der Waals surface area contributed by atoms with Crippen LogP contribution >= 0.6 is 0 Å². The molecule has 9 nitrogen and oxygen atoms in total. The molecule has 0 saturated heterocycles. The number of amides is 1. The number of aromatic nitrogens is 4. The maximum Gasteiger partial charge on any atom is 0.280 e. The van der Waals surface area contributed by atoms with Crippen LogP contribution in [0.25, 0.3) is 5.52 Å². The maximum atomic E-state index is 12.6. The van der Waals surface area contributed by atoms with Crippen LogP contribution in [0.3, 0.4) is 0 Å². The van der Waals surface area contributed by atoms with Gasteiger partial charge in [0.1, 0.15) is 24.4 Å². The largest absolute Gasteiger partial charge is 0.493 e. The molecule has 0 unspecified atom stereocenters. The van der Waals surface area contributed by atoms with Crippen LogP contribution in [0.1, 0.15) is 30.4 Å². The predicted molar refractivity (Wildman–Crippen MR) is 106 cm³/mol. The Kier molecular flexibility index (Phi) is 6.24. The van der Waals surface area contributed by atoms with Crippen LogP contribution in [0.15, 0.2) is 35.4 Å². The molecule has 2 heterocycles. The van der Waals surface area contributed by atoms with Gasteiger partial charge in [0.25, 0.3) is 5.56 Å². The van der Waals surface area contributed by atoms with Crippen molar-refractivity contribution in [2.45, 2.75) is 33.2 Å². The van der Waals surface area contributed by atoms with Gasteiger partial charge in [-0.25, -0.2) is 9.50 Å². The minimum absolute atomic E-state index is 0.112. The molecule has 0 aliphatic heterocycles. The Morgan fingerprint density at radius 3 is 2.97 bits per heavy atom. The molecule has 0 bridgehead atoms. The van der Waals surface area contributed by atoms with E-state index >= 15 is 0 Å². The van der Waals surface area contributed by atoms with E-state index in [4.69, 9.17) is 10.00 Å². The molecule has 0 aliphatic carbocycles. The Hall–Kier alpha value is -3.67. The number of hydrogen-bond acceptors (Lipinski definition) is 6. The lowest BCUT2D eigenvalue weighted by Crippen LogP contribution is -2.34. The van der Waals surface area contributed by atoms with Crippen molar-refractivity contribution in [1.82, 2.24) is 24.5 Å². The molecule has 1 N–H and O–H groups in total. The Bertz CT molecular complexity index is 1130. The van der Waals surface area contributed by atoms with Crippen molar-refractivity contribution < 1.29 is 9.53 Å². The summed E-state index contributed by atoms with van der Waals surface area (Å²) in [6, 6.07) is 8.95. The van der Waals surface area contributed by atoms with Crippen molar-refractivity contribution in [3.8, 4) is 11.8 Å². The first-order valence-corrected chi connectivity index (χ1v) is 9.36. The van der Waals surface area contributed by atoms with Gasteiger partial charge in [0.05, 0.1) is 23.9 Å². The van der Waals surface area contributed by atoms with E-state index in [0.717, 1.165) is 0 Å². The van der Waals surface area contributed by atoms with Crippen LogP contribution in [0.5, 0.6) is 5.75 Å². The van der Waals surface area contributed by atoms with Crippen molar-refractivity contribution in [2.75, 3.05) is 13.2 Å². The van der Waals surface area contributed by atoms with Gasteiger partial charge in [0, 0.05) is 13.0 Å². The molecule has 9 heteroatoms. The molecule has 0 atom stereocenters. The number of nitrogens with zero attached hydrogens (tertiary/aromatic N) is 5. The number of rotatable bonds is 8. The van der Waals surface area contributed by atoms with Gasteiger partial charge < -0.3 is 10.1 Å². The van der Waals surface area contributed by atoms with Crippen molar-refractivity contribution >= 4 is 11.4 Å². The molecule has 0 aliphatic rings. The highest BCUT2D eigenvalue weighted by molar-refractivity contribution is 5.75. The average molecular weight is 394 g/mol. The van der Waals surface area contributed by atoms with Gasteiger partial charge in [-0.3, -0.25) is 14.2 Å². The molecule has 1 amide bonds. The van der Waals surface area contributed by atoms with Gasteiger partial charge in [-0.05, 0) is 31.5 Å². The Balaban J connectivity index is 1.51. The average Bonchev–Trinajstić information content (AvgIpc) is 3.06. The van der Waals surface area contributed by atoms with Crippen LogP contribution in [0, 0.1) is 18.3 Å². The number of carbonyl (C=O) groups excluding carboxylic acids is 1. The second-order valence-corrected chi connectivity index (χ2v) is 6.48. The fourth-order valence-corrected chi connectivity index (χ4v) is 2.95. The van der Waals surface area contributed by atoms with Gasteiger partial charge in [-0.1, -0.05) is 13.0 Å². The molecule has 3 rings (SSSR count). The lowest BCUT2D eigenvalue weighted by molar-refractivity contribution is -0.121. The topological polar surface area (TPSA) is 114 Å². The summed E-state index contributed by atoms with van der Waals surface area (Å²) in [4.78, 5) is 29.2. The monoisotopic (exact) mass is 394 g/mol. The first-order valence-electron chi connectivity index (χ1n) is 9.36. The number of fused-ring (bicyclic) bond motifs is 1. The van der Waals surface area contributed by atoms with Crippen molar-refractivity contribution in [1.29, 1.82) is 5.26 Å². The first-order chi connectivity index (χ1) is 14.0. The molecule has 29 heavy (non-hydrogen) atoms. The highest BCUT2D eigenvalue weighted by atomic mass is 16.5. The van der Waals surface area contributed by atoms with Gasteiger partial charge in [0.15, 0.2) is 5.52 Å². The quantitative estimate of drug-likeness (QED) is 0.575. The lowest BCUT2D eigenvalue weighted by atomic mass is 10.2. The highest BCUT2D eigenvalue weighted by Gasteiger charge is 2.14. The summed E-state index contributed by atoms with van der Waals surface area (Å²) in [6.45, 7) is 4.40. The van der Waals surface area contributed by atoms with Gasteiger partial charge in [-0.15, -0.1) is 0 Å². The normalized spacial score (nSPS) is 10.7. The molecule has 0 saturated carbocycles. The second-order valence-electron chi connectivity index (χ2n) is 6.48. The summed E-state index contributed by atoms with van der Waals surface area (Å²) >= 11 is 0. The van der Waals surface area contributed by atoms with Crippen molar-refractivity contribution in [2.24, 2.45) is 0 Å². The van der Waals surface area contributed by atoms with Gasteiger partial charge in [-0.2, -0.15) is 10.4 Å². The van der Waals surface area contributed by atoms with E-state index in [-0.39, 0.29) is 18.0 Å². The van der Waals surface area contributed by atoms with Crippen LogP contribution in [-0.4, -0.2) is 38.2 Å². The SMILES string of the molecule is CCc1nc(C)c2c(=O)n(CC(=O)NCCCOc3cccc(C#N)c3)cnn12. The Morgan fingerprint density at radius 2 is 2.21 bits per heavy atom. The van der Waals surface area contributed by atoms with Crippen LogP contribution < -0.4 is 15.6 Å². The second kappa shape index (κ2) is 9.01. The third kappa shape index (κ3) is 4.60. The first kappa shape index (κ1) is 20.1. The molecule has 2 aromatic heterocycles. The van der Waals surface area contributed by atoms with E-state index in [9.17, 15) is 9.59 Å². The summed E-state index contributed by atoms with van der Waals surface area (Å²) < 4.78 is 8.38. The van der Waals surface area contributed by atoms with Crippen molar-refractivity contribution in [3.63, 3.8) is 0 Å². The Morgan fingerprint density at radius 1 is 1.38 bits per heavy atom. The van der Waals surface area contributed by atoms with E-state index in [1.54, 1.807) is 31.2 Å². The van der Waals surface area contributed by atoms with E-state index in [2.05, 4.69) is 21.5 Å². The summed E-state index contributed by atoms with van der Waals surface area (Å²) in [5, 5.41) is 15.9. The third-order valence-electron chi connectivity index (χ3n) is 4.37. The molecule has 0 spiro atoms. The zero-order valence-electron chi connectivity index (χ0n) is 16.4. The molecular weight excluding hydrogens is 372 g/mol. The van der Waals surface area contributed by atoms with Crippen LogP contribution in [0.2, 0.25) is 0 Å². The standard InChI is InChI=1S/C20H22N6O3/c1-3-17-24-14(2)19-20(28)25(13-23-26(17)19)12-18(27)22-8-5-9-29-16-7-4-6-15(10-16)11-21/h4,6-7,10,13H,3,5,8-9,12H2,1-2H3,(H,22,27). The minimum atomic E-state index is -0.291. The molecule has 0 fully saturated rings. The van der Waals surface area contributed by atoms with Gasteiger partial charge in [0.2, 0.25) is 5.91 Å². The molecule has 150 valence electrons. The molecular formula is C20H22N6O3. The number of nitriles is 1. The highest BCUT2D eigenvalue weighted by Crippen LogP contribution is 2.12. The fourth-order valence-electron chi connectivity index (χ4n) is 2.95. The summed E-state index contributed by atoms with van der Waals surface area (Å²) in [7, 11) is 0. The number of aryl methyl sites for hydroxylation is 2. The summed E-state index contributed by atoms with van der Waals surface area (Å²) in [5.74, 6) is 1.05. The predicted octanol–water partition coefficient (Wildman–Crippen LogP) is 1.22. The zero-order chi connectivity index (χ0) is 20.8. The third-order valence-corrected chi connectivity index (χ3v) is 4.37. The number of imidazole rings is 1. The number of carbonyl (C=O) groups is 1. The van der Waals surface area contributed by atoms with Crippen LogP contribution in [0.4, 0.5) is 0 Å². The molecule has 0 radical (unpaired) electrons. The van der Waals surface area contributed by atoms with Gasteiger partial charge >= 0.3 is 0 Å². The smallest absolute Gasteiger partial charge is 0.280 e. The Labute approximate surface area is 167 Å². The number of nitrogens with one attached hydrogen (secondary N) is 1. The van der Waals surface area contributed by atoms with E-state index in [0.29, 0.717) is 54.3 Å². The zero-order valence-corrected chi connectivity index (χ0v) is 16.4. The van der Waals surface area contributed by atoms with E-state index in [1.807, 2.05) is 6.92 Å². The van der Waals surface area contributed by atoms with E-state index < -0.39 is 0 Å². The van der Waals surface area contributed by atoms with Crippen molar-refractivity contribution in [3.05, 3.63) is 58.0 Å². The maximum absolute atomic E-state index is 12.6. The summed E-state index contributed by atoms with van der Waals surface area (Å²) in [6.07, 6.45) is 2.62. The number of hydrogen-bond donors (Lipinski definition) is 1. The molecule has 1 aromatic carbocycles. The molecule has 3 aromatic rings.